The van der Waals surface area contributed by atoms with Crippen molar-refractivity contribution in [2.75, 3.05) is 19.8 Å². The first-order valence-electron chi connectivity index (χ1n) is 8.74. The Morgan fingerprint density at radius 2 is 1.50 bits per heavy atom. The van der Waals surface area contributed by atoms with Gasteiger partial charge in [-0.15, -0.1) is 0 Å². The maximum absolute atomic E-state index is 12.0. The number of aliphatic hydroxyl groups excluding tert-OH is 2. The highest BCUT2D eigenvalue weighted by Gasteiger charge is 2.29. The molecular formula is C20H27F3N4O3. The third-order valence-corrected chi connectivity index (χ3v) is 3.27. The molecule has 10 heteroatoms. The molecule has 0 spiro atoms. The number of hydrogen-bond acceptors (Lipinski definition) is 6. The van der Waals surface area contributed by atoms with E-state index in [1.807, 2.05) is 0 Å². The minimum atomic E-state index is -4.30. The molecule has 0 aromatic heterocycles. The third-order valence-electron chi connectivity index (χ3n) is 3.27. The van der Waals surface area contributed by atoms with Crippen LogP contribution in [0.15, 0.2) is 48.5 Å². The van der Waals surface area contributed by atoms with Gasteiger partial charge in [-0.3, -0.25) is 5.41 Å². The molecule has 0 amide bonds. The first kappa shape index (κ1) is 27.0. The van der Waals surface area contributed by atoms with E-state index in [2.05, 4.69) is 0 Å². The van der Waals surface area contributed by atoms with Crippen molar-refractivity contribution in [2.24, 2.45) is 11.5 Å². The molecule has 0 radical (unpaired) electrons. The van der Waals surface area contributed by atoms with Crippen LogP contribution in [0.2, 0.25) is 0 Å². The second kappa shape index (κ2) is 14.1. The molecular weight excluding hydrogens is 401 g/mol. The van der Waals surface area contributed by atoms with Gasteiger partial charge in [0.05, 0.1) is 18.8 Å². The van der Waals surface area contributed by atoms with Crippen LogP contribution in [0.25, 0.3) is 0 Å². The lowest BCUT2D eigenvalue weighted by Crippen LogP contribution is -2.19. The molecule has 0 saturated heterocycles. The highest BCUT2D eigenvalue weighted by Crippen LogP contribution is 2.28. The average Bonchev–Trinajstić information content (AvgIpc) is 2.72. The Bertz CT molecular complexity index is 762. The van der Waals surface area contributed by atoms with E-state index in [-0.39, 0.29) is 25.7 Å². The van der Waals surface area contributed by atoms with Crippen LogP contribution in [0.5, 0.6) is 5.75 Å². The minimum absolute atomic E-state index is 0.00249. The van der Waals surface area contributed by atoms with Crippen LogP contribution in [0.3, 0.4) is 0 Å². The second-order valence-corrected chi connectivity index (χ2v) is 5.83. The molecule has 0 saturated carbocycles. The lowest BCUT2D eigenvalue weighted by molar-refractivity contribution is -0.137. The Morgan fingerprint density at radius 3 is 1.83 bits per heavy atom. The monoisotopic (exact) mass is 428 g/mol. The van der Waals surface area contributed by atoms with Gasteiger partial charge >= 0.3 is 6.18 Å². The van der Waals surface area contributed by atoms with Gasteiger partial charge < -0.3 is 31.8 Å². The maximum Gasteiger partial charge on any atom is 0.416 e. The summed E-state index contributed by atoms with van der Waals surface area (Å²) in [7, 11) is 0. The molecule has 0 aliphatic rings. The average molecular weight is 428 g/mol. The summed E-state index contributed by atoms with van der Waals surface area (Å²) in [5, 5.41) is 30.7. The molecule has 2 rings (SSSR count). The van der Waals surface area contributed by atoms with Gasteiger partial charge in [-0.1, -0.05) is 12.1 Å². The SMILES string of the molecule is CC(=N)c1ccc(OCC(=N)N)cc1.NCCO.OCc1ccc(C(F)(F)F)cc1. The van der Waals surface area contributed by atoms with Gasteiger partial charge in [-0.2, -0.15) is 13.2 Å². The zero-order valence-corrected chi connectivity index (χ0v) is 16.5. The van der Waals surface area contributed by atoms with Crippen LogP contribution < -0.4 is 16.2 Å². The van der Waals surface area contributed by atoms with Crippen LogP contribution in [-0.4, -0.2) is 41.5 Å². The van der Waals surface area contributed by atoms with Crippen molar-refractivity contribution in [1.29, 1.82) is 10.8 Å². The Labute approximate surface area is 173 Å². The number of halogens is 3. The van der Waals surface area contributed by atoms with Gasteiger partial charge in [0, 0.05) is 12.3 Å². The molecule has 0 atom stereocenters. The van der Waals surface area contributed by atoms with Crippen molar-refractivity contribution in [3.63, 3.8) is 0 Å². The Balaban J connectivity index is 0.000000481. The Hall–Kier alpha value is -2.95. The van der Waals surface area contributed by atoms with E-state index in [1.54, 1.807) is 31.2 Å². The minimum Gasteiger partial charge on any atom is -0.486 e. The molecule has 166 valence electrons. The molecule has 8 N–H and O–H groups in total. The van der Waals surface area contributed by atoms with Crippen LogP contribution in [0.1, 0.15) is 23.6 Å². The highest BCUT2D eigenvalue weighted by atomic mass is 19.4. The molecule has 0 fully saturated rings. The van der Waals surface area contributed by atoms with Crippen LogP contribution in [0, 0.1) is 10.8 Å². The second-order valence-electron chi connectivity index (χ2n) is 5.83. The largest absolute Gasteiger partial charge is 0.486 e. The number of alkyl halides is 3. The van der Waals surface area contributed by atoms with Gasteiger partial charge in [0.25, 0.3) is 0 Å². The summed E-state index contributed by atoms with van der Waals surface area (Å²) in [6, 6.07) is 11.5. The zero-order valence-electron chi connectivity index (χ0n) is 16.5. The number of rotatable bonds is 6. The fraction of sp³-hybridized carbons (Fsp3) is 0.300. The highest BCUT2D eigenvalue weighted by molar-refractivity contribution is 5.96. The predicted octanol–water partition coefficient (Wildman–Crippen LogP) is 2.52. The first-order valence-corrected chi connectivity index (χ1v) is 8.74. The molecule has 0 aliphatic heterocycles. The van der Waals surface area contributed by atoms with Gasteiger partial charge in [-0.25, -0.2) is 0 Å². The van der Waals surface area contributed by atoms with Crippen molar-refractivity contribution >= 4 is 11.5 Å². The van der Waals surface area contributed by atoms with Gasteiger partial charge in [0.15, 0.2) is 0 Å². The van der Waals surface area contributed by atoms with Crippen LogP contribution >= 0.6 is 0 Å². The fourth-order valence-electron chi connectivity index (χ4n) is 1.76. The van der Waals surface area contributed by atoms with E-state index >= 15 is 0 Å². The molecule has 0 aliphatic carbocycles. The summed E-state index contributed by atoms with van der Waals surface area (Å²) in [4.78, 5) is 0. The lowest BCUT2D eigenvalue weighted by Gasteiger charge is -2.05. The predicted molar refractivity (Wildman–Crippen MR) is 110 cm³/mol. The van der Waals surface area contributed by atoms with Crippen molar-refractivity contribution in [3.05, 3.63) is 65.2 Å². The molecule has 0 bridgehead atoms. The standard InChI is InChI=1S/C10H13N3O.C8H7F3O.C2H7NO/c1-7(11)8-2-4-9(5-3-8)14-6-10(12)13;9-8(10,11)7-3-1-6(5-12)2-4-7;3-1-2-4/h2-5,11H,6H2,1H3,(H3,12,13);1-4,12H,5H2;4H,1-3H2. The summed E-state index contributed by atoms with van der Waals surface area (Å²) < 4.78 is 41.1. The molecule has 0 unspecified atom stereocenters. The van der Waals surface area contributed by atoms with E-state index in [0.717, 1.165) is 17.7 Å². The van der Waals surface area contributed by atoms with Crippen molar-refractivity contribution in [3.8, 4) is 5.75 Å². The Kier molecular flexibility index (Phi) is 12.7. The number of ether oxygens (including phenoxy) is 1. The summed E-state index contributed by atoms with van der Waals surface area (Å²) >= 11 is 0. The lowest BCUT2D eigenvalue weighted by atomic mass is 10.1. The van der Waals surface area contributed by atoms with E-state index in [4.69, 9.17) is 37.2 Å². The van der Waals surface area contributed by atoms with Crippen molar-refractivity contribution in [1.82, 2.24) is 0 Å². The topological polar surface area (TPSA) is 149 Å². The fourth-order valence-corrected chi connectivity index (χ4v) is 1.76. The normalized spacial score (nSPS) is 10.1. The summed E-state index contributed by atoms with van der Waals surface area (Å²) in [5.74, 6) is 0.655. The molecule has 2 aromatic rings. The number of amidine groups is 1. The smallest absolute Gasteiger partial charge is 0.416 e. The summed E-state index contributed by atoms with van der Waals surface area (Å²) in [6.07, 6.45) is -4.30. The molecule has 0 heterocycles. The van der Waals surface area contributed by atoms with E-state index in [1.165, 1.54) is 12.1 Å². The van der Waals surface area contributed by atoms with E-state index in [0.29, 0.717) is 23.6 Å². The number of hydrogen-bond donors (Lipinski definition) is 6. The summed E-state index contributed by atoms with van der Waals surface area (Å²) in [6.45, 7) is 2.06. The van der Waals surface area contributed by atoms with E-state index < -0.39 is 11.7 Å². The van der Waals surface area contributed by atoms with Crippen molar-refractivity contribution in [2.45, 2.75) is 19.7 Å². The number of benzene rings is 2. The van der Waals surface area contributed by atoms with Crippen LogP contribution in [-0.2, 0) is 12.8 Å². The number of aliphatic hydroxyl groups is 2. The molecule has 7 nitrogen and oxygen atoms in total. The molecule has 30 heavy (non-hydrogen) atoms. The zero-order chi connectivity index (χ0) is 23.2. The van der Waals surface area contributed by atoms with E-state index in [9.17, 15) is 13.2 Å². The third kappa shape index (κ3) is 11.8. The maximum atomic E-state index is 12.0. The van der Waals surface area contributed by atoms with Gasteiger partial charge in [0.1, 0.15) is 18.2 Å². The summed E-state index contributed by atoms with van der Waals surface area (Å²) in [5.41, 5.74) is 11.1. The van der Waals surface area contributed by atoms with Crippen molar-refractivity contribution < 1.29 is 28.1 Å². The quantitative estimate of drug-likeness (QED) is 0.309. The van der Waals surface area contributed by atoms with Gasteiger partial charge in [0.2, 0.25) is 0 Å². The first-order chi connectivity index (χ1) is 14.0. The number of nitrogens with one attached hydrogen (secondary N) is 2. The number of nitrogens with two attached hydrogens (primary N) is 2. The van der Waals surface area contributed by atoms with Gasteiger partial charge in [-0.05, 0) is 54.4 Å². The molecule has 2 aromatic carbocycles. The van der Waals surface area contributed by atoms with Crippen LogP contribution in [0.4, 0.5) is 13.2 Å². The Morgan fingerprint density at radius 1 is 1.00 bits per heavy atom.